The summed E-state index contributed by atoms with van der Waals surface area (Å²) in [7, 11) is 0. The van der Waals surface area contributed by atoms with Crippen LogP contribution in [0.3, 0.4) is 0 Å². The van der Waals surface area contributed by atoms with Crippen molar-refractivity contribution >= 4 is 5.52 Å². The summed E-state index contributed by atoms with van der Waals surface area (Å²) in [5, 5.41) is 8.04. The zero-order chi connectivity index (χ0) is 13.0. The Labute approximate surface area is 108 Å². The average Bonchev–Trinajstić information content (AvgIpc) is 2.67. The molecule has 1 N–H and O–H groups in total. The highest BCUT2D eigenvalue weighted by molar-refractivity contribution is 5.53. The quantitative estimate of drug-likeness (QED) is 0.898. The van der Waals surface area contributed by atoms with Crippen molar-refractivity contribution in [2.45, 2.75) is 40.3 Å². The van der Waals surface area contributed by atoms with Crippen LogP contribution in [0.15, 0.2) is 30.6 Å². The van der Waals surface area contributed by atoms with Crippen molar-refractivity contribution < 1.29 is 0 Å². The molecular formula is C15H21N3. The molecule has 1 aliphatic carbocycles. The van der Waals surface area contributed by atoms with E-state index < -0.39 is 0 Å². The van der Waals surface area contributed by atoms with Gasteiger partial charge in [0, 0.05) is 24.3 Å². The van der Waals surface area contributed by atoms with Crippen molar-refractivity contribution in [1.29, 1.82) is 0 Å². The molecule has 0 aromatic carbocycles. The maximum Gasteiger partial charge on any atom is 0.0706 e. The van der Waals surface area contributed by atoms with Crippen LogP contribution in [0.4, 0.5) is 0 Å². The maximum atomic E-state index is 4.37. The third-order valence-electron chi connectivity index (χ3n) is 5.02. The van der Waals surface area contributed by atoms with Crippen LogP contribution in [0, 0.1) is 10.8 Å². The molecule has 3 nitrogen and oxygen atoms in total. The van der Waals surface area contributed by atoms with Crippen molar-refractivity contribution in [3.63, 3.8) is 0 Å². The normalized spacial score (nSPS) is 21.3. The lowest BCUT2D eigenvalue weighted by molar-refractivity contribution is 0.457. The summed E-state index contributed by atoms with van der Waals surface area (Å²) in [6.45, 7) is 10.2. The summed E-state index contributed by atoms with van der Waals surface area (Å²) in [5.74, 6) is 0. The van der Waals surface area contributed by atoms with Crippen molar-refractivity contribution in [2.75, 3.05) is 0 Å². The fourth-order valence-corrected chi connectivity index (χ4v) is 3.04. The number of hydrogen-bond donors (Lipinski definition) is 1. The van der Waals surface area contributed by atoms with Gasteiger partial charge in [-0.25, -0.2) is 4.52 Å². The van der Waals surface area contributed by atoms with E-state index in [4.69, 9.17) is 0 Å². The zero-order valence-corrected chi connectivity index (χ0v) is 11.6. The Kier molecular flexibility index (Phi) is 2.33. The second-order valence-corrected chi connectivity index (χ2v) is 6.46. The molecule has 96 valence electrons. The largest absolute Gasteiger partial charge is 0.309 e. The number of aromatic nitrogens is 2. The molecule has 0 aliphatic heterocycles. The van der Waals surface area contributed by atoms with E-state index in [2.05, 4.69) is 50.2 Å². The van der Waals surface area contributed by atoms with Gasteiger partial charge in [0.1, 0.15) is 0 Å². The van der Waals surface area contributed by atoms with Gasteiger partial charge in [-0.2, -0.15) is 5.10 Å². The highest BCUT2D eigenvalue weighted by Crippen LogP contribution is 2.62. The second-order valence-electron chi connectivity index (χ2n) is 6.46. The van der Waals surface area contributed by atoms with E-state index in [0.29, 0.717) is 16.9 Å². The Morgan fingerprint density at radius 1 is 1.22 bits per heavy atom. The van der Waals surface area contributed by atoms with Crippen molar-refractivity contribution in [3.05, 3.63) is 36.2 Å². The molecule has 0 saturated heterocycles. The summed E-state index contributed by atoms with van der Waals surface area (Å²) in [5.41, 5.74) is 3.24. The van der Waals surface area contributed by atoms with Gasteiger partial charge in [0.05, 0.1) is 11.7 Å². The molecule has 3 rings (SSSR count). The van der Waals surface area contributed by atoms with Crippen LogP contribution >= 0.6 is 0 Å². The van der Waals surface area contributed by atoms with Gasteiger partial charge in [0.2, 0.25) is 0 Å². The smallest absolute Gasteiger partial charge is 0.0706 e. The van der Waals surface area contributed by atoms with Crippen LogP contribution in [-0.2, 0) is 6.54 Å². The molecule has 3 heteroatoms. The second kappa shape index (κ2) is 3.58. The van der Waals surface area contributed by atoms with Crippen LogP contribution in [0.1, 0.15) is 33.3 Å². The minimum atomic E-state index is 0.385. The Hall–Kier alpha value is -1.35. The number of rotatable bonds is 3. The summed E-state index contributed by atoms with van der Waals surface area (Å²) < 4.78 is 1.93. The number of pyridine rings is 1. The minimum absolute atomic E-state index is 0.385. The van der Waals surface area contributed by atoms with Gasteiger partial charge in [0.15, 0.2) is 0 Å². The van der Waals surface area contributed by atoms with E-state index in [1.807, 2.05) is 23.0 Å². The van der Waals surface area contributed by atoms with Gasteiger partial charge < -0.3 is 5.32 Å². The van der Waals surface area contributed by atoms with Crippen LogP contribution in [0.5, 0.6) is 0 Å². The molecule has 0 spiro atoms. The Morgan fingerprint density at radius 3 is 2.61 bits per heavy atom. The lowest BCUT2D eigenvalue weighted by Crippen LogP contribution is -2.21. The summed E-state index contributed by atoms with van der Waals surface area (Å²) in [6, 6.07) is 6.77. The lowest BCUT2D eigenvalue weighted by Gasteiger charge is -2.05. The van der Waals surface area contributed by atoms with Gasteiger partial charge in [-0.1, -0.05) is 33.8 Å². The van der Waals surface area contributed by atoms with Gasteiger partial charge in [-0.3, -0.25) is 0 Å². The first-order valence-electron chi connectivity index (χ1n) is 6.59. The van der Waals surface area contributed by atoms with Gasteiger partial charge in [-0.05, 0) is 23.0 Å². The molecule has 0 unspecified atom stereocenters. The molecule has 0 amide bonds. The van der Waals surface area contributed by atoms with Crippen LogP contribution in [0.25, 0.3) is 5.52 Å². The zero-order valence-electron chi connectivity index (χ0n) is 11.6. The summed E-state index contributed by atoms with van der Waals surface area (Å²) in [4.78, 5) is 0. The minimum Gasteiger partial charge on any atom is -0.309 e. The Balaban J connectivity index is 1.75. The van der Waals surface area contributed by atoms with Crippen LogP contribution in [-0.4, -0.2) is 15.7 Å². The first-order chi connectivity index (χ1) is 8.44. The third kappa shape index (κ3) is 1.50. The van der Waals surface area contributed by atoms with Crippen LogP contribution < -0.4 is 5.32 Å². The number of hydrogen-bond acceptors (Lipinski definition) is 2. The first-order valence-corrected chi connectivity index (χ1v) is 6.59. The Morgan fingerprint density at radius 2 is 1.94 bits per heavy atom. The molecule has 0 atom stereocenters. The molecule has 1 aliphatic rings. The fraction of sp³-hybridized carbons (Fsp3) is 0.533. The third-order valence-corrected chi connectivity index (χ3v) is 5.02. The molecule has 18 heavy (non-hydrogen) atoms. The van der Waals surface area contributed by atoms with E-state index in [-0.39, 0.29) is 0 Å². The SMILES string of the molecule is CC1(C)C(NCc2cnn3ccccc23)C1(C)C. The van der Waals surface area contributed by atoms with E-state index in [0.717, 1.165) is 6.54 Å². The summed E-state index contributed by atoms with van der Waals surface area (Å²) in [6.07, 6.45) is 3.95. The highest BCUT2D eigenvalue weighted by Gasteiger charge is 2.64. The molecule has 0 radical (unpaired) electrons. The van der Waals surface area contributed by atoms with Gasteiger partial charge in [0.25, 0.3) is 0 Å². The maximum absolute atomic E-state index is 4.37. The molecule has 0 bridgehead atoms. The highest BCUT2D eigenvalue weighted by atomic mass is 15.2. The monoisotopic (exact) mass is 243 g/mol. The molecule has 2 aromatic heterocycles. The molecule has 1 fully saturated rings. The fourth-order valence-electron chi connectivity index (χ4n) is 3.04. The number of nitrogens with one attached hydrogen (secondary N) is 1. The Bertz CT molecular complexity index is 566. The van der Waals surface area contributed by atoms with Crippen molar-refractivity contribution in [1.82, 2.24) is 14.9 Å². The van der Waals surface area contributed by atoms with Gasteiger partial charge in [-0.15, -0.1) is 0 Å². The standard InChI is InChI=1S/C15H21N3/c1-14(2)13(15(14,3)4)16-9-11-10-17-18-8-6-5-7-12(11)18/h5-8,10,13,16H,9H2,1-4H3. The van der Waals surface area contributed by atoms with E-state index in [1.54, 1.807) is 0 Å². The molecule has 2 aromatic rings. The van der Waals surface area contributed by atoms with E-state index >= 15 is 0 Å². The first kappa shape index (κ1) is 11.7. The molecular weight excluding hydrogens is 222 g/mol. The number of nitrogens with zero attached hydrogens (tertiary/aromatic N) is 2. The number of fused-ring (bicyclic) bond motifs is 1. The lowest BCUT2D eigenvalue weighted by atomic mass is 10.0. The molecule has 2 heterocycles. The average molecular weight is 243 g/mol. The van der Waals surface area contributed by atoms with E-state index in [9.17, 15) is 0 Å². The topological polar surface area (TPSA) is 29.3 Å². The summed E-state index contributed by atoms with van der Waals surface area (Å²) >= 11 is 0. The predicted octanol–water partition coefficient (Wildman–Crippen LogP) is 2.86. The molecule has 1 saturated carbocycles. The van der Waals surface area contributed by atoms with Gasteiger partial charge >= 0.3 is 0 Å². The van der Waals surface area contributed by atoms with Crippen molar-refractivity contribution in [3.8, 4) is 0 Å². The predicted molar refractivity (Wildman–Crippen MR) is 73.4 cm³/mol. The van der Waals surface area contributed by atoms with E-state index in [1.165, 1.54) is 11.1 Å². The van der Waals surface area contributed by atoms with Crippen LogP contribution in [0.2, 0.25) is 0 Å². The van der Waals surface area contributed by atoms with Crippen molar-refractivity contribution in [2.24, 2.45) is 10.8 Å².